The van der Waals surface area contributed by atoms with E-state index in [2.05, 4.69) is 10.6 Å². The van der Waals surface area contributed by atoms with Crippen LogP contribution < -0.4 is 10.6 Å². The lowest BCUT2D eigenvalue weighted by Gasteiger charge is -2.25. The predicted molar refractivity (Wildman–Crippen MR) is 96.4 cm³/mol. The summed E-state index contributed by atoms with van der Waals surface area (Å²) in [7, 11) is 0. The van der Waals surface area contributed by atoms with Crippen LogP contribution in [0.3, 0.4) is 0 Å². The number of carbonyl (C=O) groups is 2. The Bertz CT molecular complexity index is 838. The highest BCUT2D eigenvalue weighted by Crippen LogP contribution is 2.29. The van der Waals surface area contributed by atoms with E-state index in [-0.39, 0.29) is 18.3 Å². The van der Waals surface area contributed by atoms with Crippen molar-refractivity contribution in [2.24, 2.45) is 0 Å². The summed E-state index contributed by atoms with van der Waals surface area (Å²) in [6, 6.07) is 13.7. The maximum Gasteiger partial charge on any atom is 0.309 e. The molecular weight excluding hydrogens is 348 g/mol. The van der Waals surface area contributed by atoms with Gasteiger partial charge in [0.15, 0.2) is 5.60 Å². The van der Waals surface area contributed by atoms with Crippen molar-refractivity contribution >= 4 is 11.8 Å². The van der Waals surface area contributed by atoms with Crippen LogP contribution in [0.25, 0.3) is 0 Å². The molecule has 3 aromatic rings. The highest BCUT2D eigenvalue weighted by atomic mass is 16.4. The summed E-state index contributed by atoms with van der Waals surface area (Å²) in [5, 5.41) is 16.1. The van der Waals surface area contributed by atoms with Gasteiger partial charge in [-0.25, -0.2) is 0 Å². The van der Waals surface area contributed by atoms with E-state index in [9.17, 15) is 14.7 Å². The molecule has 140 valence electrons. The molecule has 0 aliphatic heterocycles. The van der Waals surface area contributed by atoms with E-state index in [4.69, 9.17) is 8.83 Å². The molecule has 1 aromatic carbocycles. The number of hydrogen-bond acceptors (Lipinski definition) is 5. The Morgan fingerprint density at radius 3 is 2.48 bits per heavy atom. The molecule has 0 radical (unpaired) electrons. The maximum atomic E-state index is 12.2. The lowest BCUT2D eigenvalue weighted by Crippen LogP contribution is -2.47. The molecule has 0 unspecified atom stereocenters. The largest absolute Gasteiger partial charge is 0.472 e. The van der Waals surface area contributed by atoms with Crippen molar-refractivity contribution in [1.29, 1.82) is 0 Å². The van der Waals surface area contributed by atoms with Gasteiger partial charge in [0.2, 0.25) is 0 Å². The first kappa shape index (κ1) is 18.5. The molecule has 7 nitrogen and oxygen atoms in total. The molecule has 7 heteroatoms. The van der Waals surface area contributed by atoms with E-state index in [1.807, 2.05) is 30.3 Å². The minimum Gasteiger partial charge on any atom is -0.472 e. The molecule has 2 heterocycles. The molecule has 2 aromatic heterocycles. The summed E-state index contributed by atoms with van der Waals surface area (Å²) in [5.41, 5.74) is -0.378. The predicted octanol–water partition coefficient (Wildman–Crippen LogP) is 2.10. The Hall–Kier alpha value is -3.32. The molecule has 0 saturated carbocycles. The van der Waals surface area contributed by atoms with Crippen molar-refractivity contribution < 1.29 is 23.5 Å². The number of nitrogens with one attached hydrogen (secondary N) is 2. The van der Waals surface area contributed by atoms with Crippen molar-refractivity contribution in [1.82, 2.24) is 10.6 Å². The summed E-state index contributed by atoms with van der Waals surface area (Å²) in [6.45, 7) is 1.52. The SMILES string of the molecule is C[C@H](NC(=O)C(=O)NC[C@](O)(c1ccoc1)c1ccco1)c1ccccc1. The summed E-state index contributed by atoms with van der Waals surface area (Å²) in [6.07, 6.45) is 4.17. The highest BCUT2D eigenvalue weighted by Gasteiger charge is 2.36. The lowest BCUT2D eigenvalue weighted by atomic mass is 9.93. The molecule has 2 atom stereocenters. The Morgan fingerprint density at radius 1 is 1.07 bits per heavy atom. The third kappa shape index (κ3) is 4.09. The highest BCUT2D eigenvalue weighted by molar-refractivity contribution is 6.35. The van der Waals surface area contributed by atoms with Crippen molar-refractivity contribution in [3.05, 3.63) is 84.2 Å². The van der Waals surface area contributed by atoms with Crippen molar-refractivity contribution in [3.8, 4) is 0 Å². The zero-order valence-electron chi connectivity index (χ0n) is 14.7. The van der Waals surface area contributed by atoms with Crippen LogP contribution >= 0.6 is 0 Å². The Balaban J connectivity index is 1.65. The van der Waals surface area contributed by atoms with E-state index in [0.29, 0.717) is 5.56 Å². The molecule has 0 fully saturated rings. The quantitative estimate of drug-likeness (QED) is 0.578. The summed E-state index contributed by atoms with van der Waals surface area (Å²) in [4.78, 5) is 24.4. The van der Waals surface area contributed by atoms with Gasteiger partial charge in [0.1, 0.15) is 5.76 Å². The van der Waals surface area contributed by atoms with Gasteiger partial charge in [-0.3, -0.25) is 9.59 Å². The molecule has 27 heavy (non-hydrogen) atoms. The fourth-order valence-corrected chi connectivity index (χ4v) is 2.72. The maximum absolute atomic E-state index is 12.2. The minimum absolute atomic E-state index is 0.224. The van der Waals surface area contributed by atoms with Crippen LogP contribution in [-0.2, 0) is 15.2 Å². The number of carbonyl (C=O) groups excluding carboxylic acids is 2. The normalized spacial score (nSPS) is 14.1. The number of furan rings is 2. The second-order valence-electron chi connectivity index (χ2n) is 6.14. The van der Waals surface area contributed by atoms with Gasteiger partial charge >= 0.3 is 11.8 Å². The van der Waals surface area contributed by atoms with Crippen LogP contribution in [0.2, 0.25) is 0 Å². The lowest BCUT2D eigenvalue weighted by molar-refractivity contribution is -0.140. The third-order valence-electron chi connectivity index (χ3n) is 4.29. The second kappa shape index (κ2) is 7.92. The summed E-state index contributed by atoms with van der Waals surface area (Å²) in [5.74, 6) is -1.42. The molecule has 3 rings (SSSR count). The molecule has 0 aliphatic rings. The Kier molecular flexibility index (Phi) is 5.42. The summed E-state index contributed by atoms with van der Waals surface area (Å²) >= 11 is 0. The average molecular weight is 368 g/mol. The van der Waals surface area contributed by atoms with Gasteiger partial charge in [0, 0.05) is 5.56 Å². The first-order chi connectivity index (χ1) is 13.0. The molecule has 0 aliphatic carbocycles. The fourth-order valence-electron chi connectivity index (χ4n) is 2.72. The van der Waals surface area contributed by atoms with Gasteiger partial charge in [-0.05, 0) is 30.7 Å². The Morgan fingerprint density at radius 2 is 1.85 bits per heavy atom. The van der Waals surface area contributed by atoms with Crippen LogP contribution in [0.5, 0.6) is 0 Å². The van der Waals surface area contributed by atoms with Crippen molar-refractivity contribution in [3.63, 3.8) is 0 Å². The van der Waals surface area contributed by atoms with E-state index < -0.39 is 17.4 Å². The number of benzene rings is 1. The number of rotatable bonds is 6. The number of amides is 2. The molecule has 2 amide bonds. The first-order valence-electron chi connectivity index (χ1n) is 8.43. The van der Waals surface area contributed by atoms with Crippen LogP contribution in [0.15, 0.2) is 76.2 Å². The van der Waals surface area contributed by atoms with Crippen LogP contribution in [0, 0.1) is 0 Å². The smallest absolute Gasteiger partial charge is 0.309 e. The van der Waals surface area contributed by atoms with Crippen LogP contribution in [-0.4, -0.2) is 23.5 Å². The zero-order valence-corrected chi connectivity index (χ0v) is 14.7. The summed E-state index contributed by atoms with van der Waals surface area (Å²) < 4.78 is 10.3. The monoisotopic (exact) mass is 368 g/mol. The van der Waals surface area contributed by atoms with Crippen LogP contribution in [0.4, 0.5) is 0 Å². The zero-order chi connectivity index (χ0) is 19.3. The molecule has 3 N–H and O–H groups in total. The van der Waals surface area contributed by atoms with E-state index >= 15 is 0 Å². The number of hydrogen-bond donors (Lipinski definition) is 3. The van der Waals surface area contributed by atoms with E-state index in [1.54, 1.807) is 25.1 Å². The van der Waals surface area contributed by atoms with Gasteiger partial charge in [0.05, 0.1) is 31.4 Å². The molecular formula is C20H20N2O5. The molecule has 0 bridgehead atoms. The van der Waals surface area contributed by atoms with Gasteiger partial charge in [-0.15, -0.1) is 0 Å². The topological polar surface area (TPSA) is 105 Å². The average Bonchev–Trinajstić information content (AvgIpc) is 3.40. The van der Waals surface area contributed by atoms with Gasteiger partial charge in [0.25, 0.3) is 0 Å². The van der Waals surface area contributed by atoms with E-state index in [1.165, 1.54) is 18.8 Å². The van der Waals surface area contributed by atoms with Crippen molar-refractivity contribution in [2.45, 2.75) is 18.6 Å². The number of aliphatic hydroxyl groups is 1. The second-order valence-corrected chi connectivity index (χ2v) is 6.14. The first-order valence-corrected chi connectivity index (χ1v) is 8.43. The molecule has 0 saturated heterocycles. The standard InChI is InChI=1S/C20H20N2O5/c1-14(15-6-3-2-4-7-15)22-19(24)18(23)21-13-20(25,16-9-11-26-12-16)17-8-5-10-27-17/h2-12,14,25H,13H2,1H3,(H,21,23)(H,22,24)/t14-,20-/m0/s1. The van der Waals surface area contributed by atoms with Gasteiger partial charge in [-0.2, -0.15) is 0 Å². The van der Waals surface area contributed by atoms with Crippen molar-refractivity contribution in [2.75, 3.05) is 6.54 Å². The minimum atomic E-state index is -1.66. The van der Waals surface area contributed by atoms with E-state index in [0.717, 1.165) is 5.56 Å². The van der Waals surface area contributed by atoms with Gasteiger partial charge in [-0.1, -0.05) is 30.3 Å². The molecule has 0 spiro atoms. The van der Waals surface area contributed by atoms with Gasteiger partial charge < -0.3 is 24.6 Å². The Labute approximate surface area is 156 Å². The third-order valence-corrected chi connectivity index (χ3v) is 4.29. The van der Waals surface area contributed by atoms with Crippen LogP contribution in [0.1, 0.15) is 29.9 Å². The fraction of sp³-hybridized carbons (Fsp3) is 0.200.